The van der Waals surface area contributed by atoms with E-state index in [1.54, 1.807) is 0 Å². The van der Waals surface area contributed by atoms with Crippen LogP contribution in [0.3, 0.4) is 0 Å². The fourth-order valence-corrected chi connectivity index (χ4v) is 1.39. The molecule has 0 saturated heterocycles. The largest absolute Gasteiger partial charge is 0.503 e. The highest BCUT2D eigenvalue weighted by Crippen LogP contribution is 2.51. The molecule has 0 aliphatic heterocycles. The van der Waals surface area contributed by atoms with Gasteiger partial charge in [0.1, 0.15) is 8.95 Å². The van der Waals surface area contributed by atoms with Crippen LogP contribution in [0.5, 0.6) is 23.0 Å². The topological polar surface area (TPSA) is 80.9 Å². The van der Waals surface area contributed by atoms with E-state index in [1.165, 1.54) is 0 Å². The lowest BCUT2D eigenvalue weighted by Crippen LogP contribution is -1.78. The summed E-state index contributed by atoms with van der Waals surface area (Å²) in [4.78, 5) is 0. The van der Waals surface area contributed by atoms with Crippen molar-refractivity contribution < 1.29 is 20.4 Å². The maximum Gasteiger partial charge on any atom is 0.177 e. The highest BCUT2D eigenvalue weighted by molar-refractivity contribution is 9.11. The Balaban J connectivity index is 3.60. The maximum absolute atomic E-state index is 9.09. The van der Waals surface area contributed by atoms with Crippen molar-refractivity contribution in [2.75, 3.05) is 0 Å². The van der Waals surface area contributed by atoms with E-state index in [2.05, 4.69) is 31.9 Å². The van der Waals surface area contributed by atoms with E-state index in [0.717, 1.165) is 0 Å². The summed E-state index contributed by atoms with van der Waals surface area (Å²) in [6.07, 6.45) is 0. The van der Waals surface area contributed by atoms with Gasteiger partial charge in [-0.25, -0.2) is 0 Å². The monoisotopic (exact) mass is 298 g/mol. The van der Waals surface area contributed by atoms with Crippen LogP contribution in [0.15, 0.2) is 8.95 Å². The van der Waals surface area contributed by atoms with Crippen LogP contribution in [0.2, 0.25) is 0 Å². The zero-order valence-electron chi connectivity index (χ0n) is 5.54. The Morgan fingerprint density at radius 2 is 0.750 bits per heavy atom. The van der Waals surface area contributed by atoms with Gasteiger partial charge in [0.2, 0.25) is 0 Å². The Labute approximate surface area is 84.3 Å². The van der Waals surface area contributed by atoms with Gasteiger partial charge in [0.05, 0.1) is 0 Å². The average Bonchev–Trinajstić information content (AvgIpc) is 2.08. The van der Waals surface area contributed by atoms with Crippen LogP contribution >= 0.6 is 31.9 Å². The fraction of sp³-hybridized carbons (Fsp3) is 0. The molecule has 0 heterocycles. The number of phenolic OH excluding ortho intramolecular Hbond substituents is 4. The van der Waals surface area contributed by atoms with E-state index in [-0.39, 0.29) is 8.95 Å². The Morgan fingerprint density at radius 3 is 0.917 bits per heavy atom. The number of phenols is 4. The lowest BCUT2D eigenvalue weighted by Gasteiger charge is -2.07. The predicted molar refractivity (Wildman–Crippen MR) is 48.5 cm³/mol. The third kappa shape index (κ3) is 1.21. The van der Waals surface area contributed by atoms with Crippen molar-refractivity contribution in [2.24, 2.45) is 0 Å². The van der Waals surface area contributed by atoms with Crippen LogP contribution in [0.4, 0.5) is 0 Å². The number of aromatic hydroxyl groups is 4. The molecule has 0 bridgehead atoms. The van der Waals surface area contributed by atoms with E-state index in [9.17, 15) is 0 Å². The summed E-state index contributed by atoms with van der Waals surface area (Å²) in [6, 6.07) is 0. The zero-order valence-corrected chi connectivity index (χ0v) is 8.72. The Hall–Kier alpha value is -0.620. The summed E-state index contributed by atoms with van der Waals surface area (Å²) in [6.45, 7) is 0. The van der Waals surface area contributed by atoms with Crippen molar-refractivity contribution >= 4 is 31.9 Å². The lowest BCUT2D eigenvalue weighted by molar-refractivity contribution is 0.365. The van der Waals surface area contributed by atoms with Gasteiger partial charge in [-0.3, -0.25) is 0 Å². The number of benzene rings is 1. The summed E-state index contributed by atoms with van der Waals surface area (Å²) in [5, 5.41) is 36.4. The molecule has 0 aliphatic carbocycles. The second kappa shape index (κ2) is 3.02. The molecule has 0 unspecified atom stereocenters. The SMILES string of the molecule is Oc1c(O)c(Br)c(O)c(O)c1Br. The molecule has 0 amide bonds. The van der Waals surface area contributed by atoms with Crippen molar-refractivity contribution in [3.63, 3.8) is 0 Å². The molecule has 0 radical (unpaired) electrons. The molecule has 0 aliphatic rings. The summed E-state index contributed by atoms with van der Waals surface area (Å²) in [5.74, 6) is -2.12. The van der Waals surface area contributed by atoms with E-state index in [4.69, 9.17) is 20.4 Å². The minimum Gasteiger partial charge on any atom is -0.503 e. The number of hydrogen-bond acceptors (Lipinski definition) is 4. The van der Waals surface area contributed by atoms with Gasteiger partial charge in [0, 0.05) is 0 Å². The standard InChI is InChI=1S/C6H4Br2O4/c7-1-3(9)5(11)2(8)6(12)4(1)10/h9-12H. The van der Waals surface area contributed by atoms with Gasteiger partial charge >= 0.3 is 0 Å². The molecule has 66 valence electrons. The van der Waals surface area contributed by atoms with Gasteiger partial charge in [-0.05, 0) is 31.9 Å². The molecule has 4 N–H and O–H groups in total. The predicted octanol–water partition coefficient (Wildman–Crippen LogP) is 2.03. The van der Waals surface area contributed by atoms with Gasteiger partial charge in [-0.15, -0.1) is 0 Å². The molecule has 1 aromatic carbocycles. The zero-order chi connectivity index (χ0) is 9.46. The number of rotatable bonds is 0. The smallest absolute Gasteiger partial charge is 0.177 e. The normalized spacial score (nSPS) is 10.2. The van der Waals surface area contributed by atoms with E-state index >= 15 is 0 Å². The van der Waals surface area contributed by atoms with E-state index in [1.807, 2.05) is 0 Å². The fourth-order valence-electron chi connectivity index (χ4n) is 0.640. The first kappa shape index (κ1) is 9.47. The second-order valence-corrected chi connectivity index (χ2v) is 3.61. The molecule has 1 aromatic rings. The van der Waals surface area contributed by atoms with Crippen molar-refractivity contribution in [3.05, 3.63) is 8.95 Å². The quantitative estimate of drug-likeness (QED) is 0.436. The minimum absolute atomic E-state index is 0.152. The Bertz CT molecular complexity index is 232. The molecule has 12 heavy (non-hydrogen) atoms. The van der Waals surface area contributed by atoms with Gasteiger partial charge in [0.15, 0.2) is 23.0 Å². The van der Waals surface area contributed by atoms with Crippen LogP contribution in [0.1, 0.15) is 0 Å². The highest BCUT2D eigenvalue weighted by atomic mass is 79.9. The van der Waals surface area contributed by atoms with Crippen LogP contribution < -0.4 is 0 Å². The summed E-state index contributed by atoms with van der Waals surface area (Å²) < 4.78 is -0.304. The average molecular weight is 300 g/mol. The van der Waals surface area contributed by atoms with Crippen molar-refractivity contribution in [2.45, 2.75) is 0 Å². The molecular formula is C6H4Br2O4. The second-order valence-electron chi connectivity index (χ2n) is 2.02. The van der Waals surface area contributed by atoms with Crippen molar-refractivity contribution in [3.8, 4) is 23.0 Å². The molecule has 0 spiro atoms. The molecule has 0 atom stereocenters. The Morgan fingerprint density at radius 1 is 0.583 bits per heavy atom. The summed E-state index contributed by atoms with van der Waals surface area (Å²) >= 11 is 5.55. The van der Waals surface area contributed by atoms with Crippen molar-refractivity contribution in [1.29, 1.82) is 0 Å². The van der Waals surface area contributed by atoms with Gasteiger partial charge in [-0.1, -0.05) is 0 Å². The van der Waals surface area contributed by atoms with Gasteiger partial charge in [-0.2, -0.15) is 0 Å². The van der Waals surface area contributed by atoms with Gasteiger partial charge in [0.25, 0.3) is 0 Å². The lowest BCUT2D eigenvalue weighted by atomic mass is 10.3. The highest BCUT2D eigenvalue weighted by Gasteiger charge is 2.19. The van der Waals surface area contributed by atoms with E-state index < -0.39 is 23.0 Å². The third-order valence-electron chi connectivity index (χ3n) is 1.28. The number of hydrogen-bond donors (Lipinski definition) is 4. The summed E-state index contributed by atoms with van der Waals surface area (Å²) in [5.41, 5.74) is 0. The summed E-state index contributed by atoms with van der Waals surface area (Å²) in [7, 11) is 0. The molecule has 0 fully saturated rings. The van der Waals surface area contributed by atoms with Crippen LogP contribution in [-0.4, -0.2) is 20.4 Å². The minimum atomic E-state index is -0.530. The molecule has 0 aromatic heterocycles. The van der Waals surface area contributed by atoms with Gasteiger partial charge < -0.3 is 20.4 Å². The Kier molecular flexibility index (Phi) is 2.39. The molecule has 1 rings (SSSR count). The first-order valence-corrected chi connectivity index (χ1v) is 4.36. The maximum atomic E-state index is 9.09. The first-order chi connectivity index (χ1) is 5.46. The molecular weight excluding hydrogens is 296 g/mol. The molecule has 6 heteroatoms. The van der Waals surface area contributed by atoms with Crippen LogP contribution in [0, 0.1) is 0 Å². The molecule has 0 saturated carbocycles. The number of halogens is 2. The third-order valence-corrected chi connectivity index (χ3v) is 2.78. The first-order valence-electron chi connectivity index (χ1n) is 2.77. The van der Waals surface area contributed by atoms with Crippen LogP contribution in [-0.2, 0) is 0 Å². The van der Waals surface area contributed by atoms with E-state index in [0.29, 0.717) is 0 Å². The van der Waals surface area contributed by atoms with Crippen LogP contribution in [0.25, 0.3) is 0 Å². The molecule has 4 nitrogen and oxygen atoms in total. The van der Waals surface area contributed by atoms with Crippen molar-refractivity contribution in [1.82, 2.24) is 0 Å².